The molecular formula is C20H20ClN3O3. The van der Waals surface area contributed by atoms with Crippen LogP contribution in [-0.2, 0) is 11.3 Å². The van der Waals surface area contributed by atoms with Crippen molar-refractivity contribution in [2.24, 2.45) is 0 Å². The topological polar surface area (TPSA) is 76.2 Å². The Hall–Kier alpha value is -2.99. The van der Waals surface area contributed by atoms with E-state index in [9.17, 15) is 4.79 Å². The minimum Gasteiger partial charge on any atom is -0.491 e. The number of hydrogen-bond donors (Lipinski definition) is 2. The Morgan fingerprint density at radius 3 is 2.89 bits per heavy atom. The third-order valence-electron chi connectivity index (χ3n) is 3.83. The number of imidazole rings is 1. The number of aromatic amines is 1. The standard InChI is InChI=1S/C20H20ClN3O3/c1-3-27-17-11-13(10-14(21)20(17)26-2)8-9-19(25)22-12-18-23-15-6-4-5-7-16(15)24-18/h4-11H,3,12H2,1-2H3,(H,22,25)(H,23,24). The molecule has 2 N–H and O–H groups in total. The summed E-state index contributed by atoms with van der Waals surface area (Å²) >= 11 is 6.21. The number of amides is 1. The molecule has 0 aliphatic heterocycles. The van der Waals surface area contributed by atoms with Crippen LogP contribution < -0.4 is 14.8 Å². The minimum absolute atomic E-state index is 0.236. The number of hydrogen-bond acceptors (Lipinski definition) is 4. The van der Waals surface area contributed by atoms with Crippen LogP contribution in [0.1, 0.15) is 18.3 Å². The number of rotatable bonds is 7. The molecule has 0 aliphatic carbocycles. The second-order valence-electron chi connectivity index (χ2n) is 5.72. The zero-order valence-corrected chi connectivity index (χ0v) is 15.8. The molecule has 0 radical (unpaired) electrons. The quantitative estimate of drug-likeness (QED) is 0.604. The van der Waals surface area contributed by atoms with Crippen molar-refractivity contribution in [2.75, 3.05) is 13.7 Å². The normalized spacial score (nSPS) is 11.1. The van der Waals surface area contributed by atoms with Gasteiger partial charge < -0.3 is 19.8 Å². The molecule has 27 heavy (non-hydrogen) atoms. The van der Waals surface area contributed by atoms with E-state index in [1.807, 2.05) is 31.2 Å². The molecule has 3 rings (SSSR count). The summed E-state index contributed by atoms with van der Waals surface area (Å²) in [6.07, 6.45) is 3.11. The molecule has 0 unspecified atom stereocenters. The number of nitrogens with one attached hydrogen (secondary N) is 2. The van der Waals surface area contributed by atoms with Gasteiger partial charge >= 0.3 is 0 Å². The van der Waals surface area contributed by atoms with E-state index in [2.05, 4.69) is 15.3 Å². The molecule has 2 aromatic carbocycles. The fourth-order valence-electron chi connectivity index (χ4n) is 2.64. The largest absolute Gasteiger partial charge is 0.491 e. The Morgan fingerprint density at radius 1 is 1.33 bits per heavy atom. The van der Waals surface area contributed by atoms with Gasteiger partial charge in [-0.1, -0.05) is 23.7 Å². The highest BCUT2D eigenvalue weighted by molar-refractivity contribution is 6.32. The molecule has 6 nitrogen and oxygen atoms in total. The first-order valence-corrected chi connectivity index (χ1v) is 8.88. The van der Waals surface area contributed by atoms with Gasteiger partial charge in [0.25, 0.3) is 0 Å². The van der Waals surface area contributed by atoms with Crippen molar-refractivity contribution in [3.63, 3.8) is 0 Å². The van der Waals surface area contributed by atoms with Crippen LogP contribution in [0.25, 0.3) is 17.1 Å². The van der Waals surface area contributed by atoms with Gasteiger partial charge in [0, 0.05) is 6.08 Å². The Bertz CT molecular complexity index is 949. The summed E-state index contributed by atoms with van der Waals surface area (Å²) in [5, 5.41) is 3.22. The SMILES string of the molecule is CCOc1cc(C=CC(=O)NCc2nc3ccccc3[nH]2)cc(Cl)c1OC. The van der Waals surface area contributed by atoms with E-state index in [4.69, 9.17) is 21.1 Å². The fraction of sp³-hybridized carbons (Fsp3) is 0.200. The van der Waals surface area contributed by atoms with E-state index in [0.29, 0.717) is 35.5 Å². The number of aromatic nitrogens is 2. The molecular weight excluding hydrogens is 366 g/mol. The summed E-state index contributed by atoms with van der Waals surface area (Å²) in [6, 6.07) is 11.2. The molecule has 1 heterocycles. The van der Waals surface area contributed by atoms with Crippen LogP contribution >= 0.6 is 11.6 Å². The van der Waals surface area contributed by atoms with Crippen molar-refractivity contribution in [3.8, 4) is 11.5 Å². The average Bonchev–Trinajstić information content (AvgIpc) is 3.08. The van der Waals surface area contributed by atoms with Gasteiger partial charge in [-0.2, -0.15) is 0 Å². The average molecular weight is 386 g/mol. The number of benzene rings is 2. The second kappa shape index (κ2) is 8.60. The maximum absolute atomic E-state index is 12.1. The van der Waals surface area contributed by atoms with Crippen LogP contribution in [0.2, 0.25) is 5.02 Å². The Morgan fingerprint density at radius 2 is 2.15 bits per heavy atom. The van der Waals surface area contributed by atoms with Gasteiger partial charge in [0.05, 0.1) is 36.3 Å². The molecule has 3 aromatic rings. The smallest absolute Gasteiger partial charge is 0.244 e. The van der Waals surface area contributed by atoms with E-state index < -0.39 is 0 Å². The molecule has 0 fully saturated rings. The summed E-state index contributed by atoms with van der Waals surface area (Å²) in [5.74, 6) is 1.48. The molecule has 7 heteroatoms. The zero-order valence-electron chi connectivity index (χ0n) is 15.1. The highest BCUT2D eigenvalue weighted by Gasteiger charge is 2.10. The van der Waals surface area contributed by atoms with Crippen LogP contribution in [0.4, 0.5) is 0 Å². The third-order valence-corrected chi connectivity index (χ3v) is 4.11. The van der Waals surface area contributed by atoms with Crippen LogP contribution in [0.3, 0.4) is 0 Å². The molecule has 0 bridgehead atoms. The van der Waals surface area contributed by atoms with E-state index in [1.165, 1.54) is 13.2 Å². The Balaban J connectivity index is 1.65. The molecule has 140 valence electrons. The summed E-state index contributed by atoms with van der Waals surface area (Å²) in [4.78, 5) is 19.7. The maximum Gasteiger partial charge on any atom is 0.244 e. The van der Waals surface area contributed by atoms with Crippen molar-refractivity contribution in [3.05, 3.63) is 58.9 Å². The Kier molecular flexibility index (Phi) is 5.98. The third kappa shape index (κ3) is 4.60. The van der Waals surface area contributed by atoms with Gasteiger partial charge in [-0.05, 0) is 42.8 Å². The maximum atomic E-state index is 12.1. The zero-order chi connectivity index (χ0) is 19.2. The van der Waals surface area contributed by atoms with Gasteiger partial charge in [-0.3, -0.25) is 4.79 Å². The lowest BCUT2D eigenvalue weighted by Gasteiger charge is -2.11. The first-order valence-electron chi connectivity index (χ1n) is 8.50. The number of methoxy groups -OCH3 is 1. The first kappa shape index (κ1) is 18.8. The van der Waals surface area contributed by atoms with E-state index in [-0.39, 0.29) is 5.91 Å². The predicted octanol–water partition coefficient (Wildman–Crippen LogP) is 3.95. The molecule has 0 spiro atoms. The lowest BCUT2D eigenvalue weighted by molar-refractivity contribution is -0.116. The van der Waals surface area contributed by atoms with Crippen molar-refractivity contribution in [1.82, 2.24) is 15.3 Å². The highest BCUT2D eigenvalue weighted by atomic mass is 35.5. The van der Waals surface area contributed by atoms with Crippen molar-refractivity contribution < 1.29 is 14.3 Å². The molecule has 1 amide bonds. The van der Waals surface area contributed by atoms with Gasteiger partial charge in [0.1, 0.15) is 5.82 Å². The number of ether oxygens (including phenoxy) is 2. The number of nitrogens with zero attached hydrogens (tertiary/aromatic N) is 1. The van der Waals surface area contributed by atoms with Gasteiger partial charge in [0.15, 0.2) is 11.5 Å². The van der Waals surface area contributed by atoms with Crippen LogP contribution in [0, 0.1) is 0 Å². The van der Waals surface area contributed by atoms with Gasteiger partial charge in [0.2, 0.25) is 5.91 Å². The summed E-state index contributed by atoms with van der Waals surface area (Å²) in [7, 11) is 1.53. The van der Waals surface area contributed by atoms with E-state index >= 15 is 0 Å². The number of halogens is 1. The van der Waals surface area contributed by atoms with E-state index in [0.717, 1.165) is 16.6 Å². The molecule has 1 aromatic heterocycles. The number of carbonyl (C=O) groups is 1. The van der Waals surface area contributed by atoms with Crippen molar-refractivity contribution in [1.29, 1.82) is 0 Å². The van der Waals surface area contributed by atoms with Crippen LogP contribution in [-0.4, -0.2) is 29.6 Å². The minimum atomic E-state index is -0.236. The molecule has 0 saturated heterocycles. The second-order valence-corrected chi connectivity index (χ2v) is 6.13. The summed E-state index contributed by atoms with van der Waals surface area (Å²) in [5.41, 5.74) is 2.55. The summed E-state index contributed by atoms with van der Waals surface area (Å²) < 4.78 is 10.8. The summed E-state index contributed by atoms with van der Waals surface area (Å²) in [6.45, 7) is 2.67. The van der Waals surface area contributed by atoms with Gasteiger partial charge in [-0.15, -0.1) is 0 Å². The fourth-order valence-corrected chi connectivity index (χ4v) is 2.93. The lowest BCUT2D eigenvalue weighted by Crippen LogP contribution is -2.20. The first-order chi connectivity index (χ1) is 13.1. The van der Waals surface area contributed by atoms with Gasteiger partial charge in [-0.25, -0.2) is 4.98 Å². The number of fused-ring (bicyclic) bond motifs is 1. The Labute approximate surface area is 162 Å². The monoisotopic (exact) mass is 385 g/mol. The van der Waals surface area contributed by atoms with Crippen molar-refractivity contribution in [2.45, 2.75) is 13.5 Å². The predicted molar refractivity (Wildman–Crippen MR) is 106 cm³/mol. The highest BCUT2D eigenvalue weighted by Crippen LogP contribution is 2.36. The molecule has 0 atom stereocenters. The lowest BCUT2D eigenvalue weighted by atomic mass is 10.2. The molecule has 0 saturated carbocycles. The number of carbonyl (C=O) groups excluding carboxylic acids is 1. The van der Waals surface area contributed by atoms with Crippen LogP contribution in [0.5, 0.6) is 11.5 Å². The number of H-pyrrole nitrogens is 1. The molecule has 0 aliphatic rings. The van der Waals surface area contributed by atoms with Crippen LogP contribution in [0.15, 0.2) is 42.5 Å². The number of para-hydroxylation sites is 2. The van der Waals surface area contributed by atoms with Crippen molar-refractivity contribution >= 4 is 34.6 Å². The van der Waals surface area contributed by atoms with E-state index in [1.54, 1.807) is 18.2 Å².